The van der Waals surface area contributed by atoms with Crippen molar-refractivity contribution in [3.63, 3.8) is 0 Å². The zero-order valence-corrected chi connectivity index (χ0v) is 10.2. The van der Waals surface area contributed by atoms with Gasteiger partial charge in [-0.1, -0.05) is 24.3 Å². The van der Waals surface area contributed by atoms with Gasteiger partial charge in [-0.3, -0.25) is 4.79 Å². The number of hydrogen-bond acceptors (Lipinski definition) is 3. The summed E-state index contributed by atoms with van der Waals surface area (Å²) in [6, 6.07) is 11.1. The number of hydrogen-bond donors (Lipinski definition) is 0. The standard InChI is InChI=1S/C15H12O3/c1-9-7-12(16)14-13(17-2)8-10-5-3-4-6-11(10)15(14)18-9/h3-8H,1-2H3. The van der Waals surface area contributed by atoms with Crippen LogP contribution in [0.1, 0.15) is 5.76 Å². The summed E-state index contributed by atoms with van der Waals surface area (Å²) in [5.74, 6) is 1.16. The van der Waals surface area contributed by atoms with Crippen LogP contribution in [-0.2, 0) is 0 Å². The minimum Gasteiger partial charge on any atom is -0.496 e. The predicted octanol–water partition coefficient (Wildman–Crippen LogP) is 3.26. The normalized spacial score (nSPS) is 11.0. The van der Waals surface area contributed by atoms with E-state index >= 15 is 0 Å². The van der Waals surface area contributed by atoms with Gasteiger partial charge in [0.1, 0.15) is 22.5 Å². The Labute approximate surface area is 104 Å². The van der Waals surface area contributed by atoms with Crippen LogP contribution in [0.2, 0.25) is 0 Å². The van der Waals surface area contributed by atoms with Gasteiger partial charge >= 0.3 is 0 Å². The molecule has 1 aromatic heterocycles. The van der Waals surface area contributed by atoms with E-state index in [2.05, 4.69) is 0 Å². The van der Waals surface area contributed by atoms with Crippen molar-refractivity contribution in [3.05, 3.63) is 52.4 Å². The first kappa shape index (κ1) is 10.8. The summed E-state index contributed by atoms with van der Waals surface area (Å²) in [5, 5.41) is 2.42. The highest BCUT2D eigenvalue weighted by atomic mass is 16.5. The maximum atomic E-state index is 12.1. The van der Waals surface area contributed by atoms with Crippen LogP contribution < -0.4 is 10.2 Å². The molecule has 0 amide bonds. The molecule has 0 spiro atoms. The summed E-state index contributed by atoms with van der Waals surface area (Å²) < 4.78 is 11.0. The quantitative estimate of drug-likeness (QED) is 0.613. The van der Waals surface area contributed by atoms with Crippen LogP contribution in [-0.4, -0.2) is 7.11 Å². The lowest BCUT2D eigenvalue weighted by molar-refractivity contribution is 0.419. The fourth-order valence-corrected chi connectivity index (χ4v) is 2.24. The molecule has 0 N–H and O–H groups in total. The molecule has 0 aliphatic heterocycles. The Kier molecular flexibility index (Phi) is 2.33. The average Bonchev–Trinajstić information content (AvgIpc) is 2.37. The van der Waals surface area contributed by atoms with E-state index in [9.17, 15) is 4.79 Å². The molecule has 0 aliphatic rings. The third-order valence-electron chi connectivity index (χ3n) is 3.03. The van der Waals surface area contributed by atoms with Crippen LogP contribution >= 0.6 is 0 Å². The molecule has 3 aromatic rings. The zero-order chi connectivity index (χ0) is 12.7. The number of benzene rings is 2. The Balaban J connectivity index is 2.65. The summed E-state index contributed by atoms with van der Waals surface area (Å²) in [6.07, 6.45) is 0. The molecular weight excluding hydrogens is 228 g/mol. The van der Waals surface area contributed by atoms with E-state index < -0.39 is 0 Å². The van der Waals surface area contributed by atoms with E-state index in [-0.39, 0.29) is 5.43 Å². The summed E-state index contributed by atoms with van der Waals surface area (Å²) in [5.41, 5.74) is 0.520. The molecule has 0 radical (unpaired) electrons. The lowest BCUT2D eigenvalue weighted by atomic mass is 10.1. The number of aryl methyl sites for hydroxylation is 1. The molecule has 18 heavy (non-hydrogen) atoms. The van der Waals surface area contributed by atoms with Crippen LogP contribution in [0.25, 0.3) is 21.7 Å². The fraction of sp³-hybridized carbons (Fsp3) is 0.133. The van der Waals surface area contributed by atoms with Gasteiger partial charge in [0.2, 0.25) is 0 Å². The van der Waals surface area contributed by atoms with Crippen LogP contribution in [0.15, 0.2) is 45.6 Å². The second kappa shape index (κ2) is 3.88. The average molecular weight is 240 g/mol. The largest absolute Gasteiger partial charge is 0.496 e. The molecular formula is C15H12O3. The van der Waals surface area contributed by atoms with Crippen molar-refractivity contribution in [2.75, 3.05) is 7.11 Å². The highest BCUT2D eigenvalue weighted by Gasteiger charge is 2.12. The van der Waals surface area contributed by atoms with E-state index in [1.54, 1.807) is 14.0 Å². The van der Waals surface area contributed by atoms with Crippen molar-refractivity contribution in [1.82, 2.24) is 0 Å². The Hall–Kier alpha value is -2.29. The fourth-order valence-electron chi connectivity index (χ4n) is 2.24. The van der Waals surface area contributed by atoms with E-state index in [0.717, 1.165) is 10.8 Å². The van der Waals surface area contributed by atoms with E-state index in [4.69, 9.17) is 9.15 Å². The molecule has 3 heteroatoms. The molecule has 0 saturated heterocycles. The smallest absolute Gasteiger partial charge is 0.196 e. The molecule has 0 bridgehead atoms. The minimum absolute atomic E-state index is 0.0728. The first-order valence-corrected chi connectivity index (χ1v) is 5.71. The molecule has 90 valence electrons. The minimum atomic E-state index is -0.0728. The number of fused-ring (bicyclic) bond motifs is 3. The number of methoxy groups -OCH3 is 1. The summed E-state index contributed by atoms with van der Waals surface area (Å²) in [6.45, 7) is 1.77. The van der Waals surface area contributed by atoms with Crippen molar-refractivity contribution >= 4 is 21.7 Å². The second-order valence-electron chi connectivity index (χ2n) is 4.23. The Morgan fingerprint density at radius 2 is 1.94 bits per heavy atom. The molecule has 1 heterocycles. The molecule has 2 aromatic carbocycles. The summed E-state index contributed by atoms with van der Waals surface area (Å²) in [4.78, 5) is 12.1. The van der Waals surface area contributed by atoms with Gasteiger partial charge in [-0.05, 0) is 18.4 Å². The first-order valence-electron chi connectivity index (χ1n) is 5.71. The lowest BCUT2D eigenvalue weighted by Gasteiger charge is -2.08. The highest BCUT2D eigenvalue weighted by molar-refractivity contribution is 6.06. The predicted molar refractivity (Wildman–Crippen MR) is 71.3 cm³/mol. The van der Waals surface area contributed by atoms with E-state index in [0.29, 0.717) is 22.5 Å². The van der Waals surface area contributed by atoms with E-state index in [1.807, 2.05) is 30.3 Å². The molecule has 0 atom stereocenters. The van der Waals surface area contributed by atoms with Gasteiger partial charge in [0.05, 0.1) is 7.11 Å². The van der Waals surface area contributed by atoms with Crippen molar-refractivity contribution in [3.8, 4) is 5.75 Å². The van der Waals surface area contributed by atoms with Gasteiger partial charge in [-0.2, -0.15) is 0 Å². The number of ether oxygens (including phenoxy) is 1. The Morgan fingerprint density at radius 3 is 2.72 bits per heavy atom. The summed E-state index contributed by atoms with van der Waals surface area (Å²) >= 11 is 0. The first-order chi connectivity index (χ1) is 8.70. The van der Waals surface area contributed by atoms with Crippen LogP contribution in [0.3, 0.4) is 0 Å². The highest BCUT2D eigenvalue weighted by Crippen LogP contribution is 2.31. The molecule has 3 rings (SSSR count). The van der Waals surface area contributed by atoms with Crippen LogP contribution in [0.4, 0.5) is 0 Å². The van der Waals surface area contributed by atoms with Crippen LogP contribution in [0, 0.1) is 6.92 Å². The molecule has 0 saturated carbocycles. The van der Waals surface area contributed by atoms with Crippen LogP contribution in [0.5, 0.6) is 5.75 Å². The van der Waals surface area contributed by atoms with Crippen molar-refractivity contribution in [2.45, 2.75) is 6.92 Å². The Bertz CT molecular complexity index is 800. The lowest BCUT2D eigenvalue weighted by Crippen LogP contribution is -2.03. The topological polar surface area (TPSA) is 39.4 Å². The maximum Gasteiger partial charge on any atom is 0.196 e. The molecule has 3 nitrogen and oxygen atoms in total. The summed E-state index contributed by atoms with van der Waals surface area (Å²) in [7, 11) is 1.56. The van der Waals surface area contributed by atoms with E-state index in [1.165, 1.54) is 6.07 Å². The molecule has 0 unspecified atom stereocenters. The third-order valence-corrected chi connectivity index (χ3v) is 3.03. The van der Waals surface area contributed by atoms with Crippen molar-refractivity contribution in [2.24, 2.45) is 0 Å². The maximum absolute atomic E-state index is 12.1. The number of rotatable bonds is 1. The molecule has 0 fully saturated rings. The molecule has 0 aliphatic carbocycles. The van der Waals surface area contributed by atoms with Gasteiger partial charge in [0.15, 0.2) is 5.43 Å². The zero-order valence-electron chi connectivity index (χ0n) is 10.2. The Morgan fingerprint density at radius 1 is 1.17 bits per heavy atom. The van der Waals surface area contributed by atoms with Gasteiger partial charge < -0.3 is 9.15 Å². The van der Waals surface area contributed by atoms with Gasteiger partial charge in [0, 0.05) is 11.5 Å². The van der Waals surface area contributed by atoms with Gasteiger partial charge in [-0.15, -0.1) is 0 Å². The van der Waals surface area contributed by atoms with Crippen molar-refractivity contribution < 1.29 is 9.15 Å². The van der Waals surface area contributed by atoms with Gasteiger partial charge in [-0.25, -0.2) is 0 Å². The van der Waals surface area contributed by atoms with Gasteiger partial charge in [0.25, 0.3) is 0 Å². The monoisotopic (exact) mass is 240 g/mol. The third kappa shape index (κ3) is 1.48. The SMILES string of the molecule is COc1cc2ccccc2c2oc(C)cc(=O)c12. The second-order valence-corrected chi connectivity index (χ2v) is 4.23. The van der Waals surface area contributed by atoms with Crippen molar-refractivity contribution in [1.29, 1.82) is 0 Å².